The van der Waals surface area contributed by atoms with E-state index in [1.807, 2.05) is 6.07 Å². The van der Waals surface area contributed by atoms with Gasteiger partial charge in [-0.05, 0) is 37.5 Å². The molecule has 164 valence electrons. The Morgan fingerprint density at radius 2 is 2.29 bits per heavy atom. The molecule has 8 nitrogen and oxygen atoms in total. The lowest BCUT2D eigenvalue weighted by Gasteiger charge is -2.18. The van der Waals surface area contributed by atoms with Crippen LogP contribution in [0, 0.1) is 0 Å². The van der Waals surface area contributed by atoms with E-state index in [0.717, 1.165) is 19.3 Å². The van der Waals surface area contributed by atoms with Gasteiger partial charge >= 0.3 is 0 Å². The number of carbonyl (C=O) groups is 1. The molecule has 31 heavy (non-hydrogen) atoms. The van der Waals surface area contributed by atoms with Gasteiger partial charge < -0.3 is 14.8 Å². The second-order valence-electron chi connectivity index (χ2n) is 7.31. The van der Waals surface area contributed by atoms with Crippen molar-refractivity contribution in [2.24, 2.45) is 0 Å². The van der Waals surface area contributed by atoms with E-state index in [0.29, 0.717) is 52.6 Å². The number of thioether (sulfide) groups is 1. The van der Waals surface area contributed by atoms with Crippen molar-refractivity contribution in [1.29, 1.82) is 0 Å². The minimum atomic E-state index is -0.246. The molecule has 2 aromatic rings. The molecule has 1 N–H and O–H groups in total. The molecule has 0 saturated carbocycles. The molecule has 10 heteroatoms. The normalized spacial score (nSPS) is 20.4. The number of amides is 1. The number of nitrogens with zero attached hydrogens (tertiary/aromatic N) is 3. The number of ether oxygens (including phenoxy) is 2. The van der Waals surface area contributed by atoms with Crippen molar-refractivity contribution in [1.82, 2.24) is 14.3 Å². The summed E-state index contributed by atoms with van der Waals surface area (Å²) in [4.78, 5) is 32.8. The van der Waals surface area contributed by atoms with Crippen LogP contribution in [0.4, 0.5) is 5.82 Å². The molecule has 2 aliphatic heterocycles. The predicted molar refractivity (Wildman–Crippen MR) is 125 cm³/mol. The summed E-state index contributed by atoms with van der Waals surface area (Å²) in [5, 5.41) is 3.21. The number of thiocarbonyl (C=S) groups is 1. The number of pyridine rings is 1. The maximum absolute atomic E-state index is 13.2. The lowest BCUT2D eigenvalue weighted by molar-refractivity contribution is -0.123. The number of anilines is 1. The van der Waals surface area contributed by atoms with E-state index in [2.05, 4.69) is 10.3 Å². The molecule has 2 saturated heterocycles. The van der Waals surface area contributed by atoms with E-state index in [1.165, 1.54) is 16.2 Å². The van der Waals surface area contributed by atoms with Crippen molar-refractivity contribution in [3.05, 3.63) is 45.2 Å². The minimum absolute atomic E-state index is 0.00724. The molecule has 4 heterocycles. The number of aromatic nitrogens is 2. The lowest BCUT2D eigenvalue weighted by atomic mass is 10.2. The molecule has 0 aromatic carbocycles. The van der Waals surface area contributed by atoms with Gasteiger partial charge in [0.25, 0.3) is 11.5 Å². The van der Waals surface area contributed by atoms with Crippen LogP contribution < -0.4 is 10.9 Å². The van der Waals surface area contributed by atoms with Crippen LogP contribution in [-0.4, -0.2) is 64.0 Å². The fourth-order valence-corrected chi connectivity index (χ4v) is 4.83. The lowest BCUT2D eigenvalue weighted by Crippen LogP contribution is -2.35. The van der Waals surface area contributed by atoms with E-state index in [9.17, 15) is 9.59 Å². The molecule has 0 radical (unpaired) electrons. The predicted octanol–water partition coefficient (Wildman–Crippen LogP) is 2.52. The zero-order valence-corrected chi connectivity index (χ0v) is 18.8. The molecule has 1 atom stereocenters. The first kappa shape index (κ1) is 21.9. The third-order valence-corrected chi connectivity index (χ3v) is 6.52. The molecule has 2 aromatic heterocycles. The SMILES string of the molecule is COCCCNc1nc2ccccn2c(=O)c1C=C1SC(=S)N(CC2CCCO2)C1=O. The van der Waals surface area contributed by atoms with Gasteiger partial charge in [-0.2, -0.15) is 0 Å². The van der Waals surface area contributed by atoms with Crippen molar-refractivity contribution in [3.63, 3.8) is 0 Å². The highest BCUT2D eigenvalue weighted by Crippen LogP contribution is 2.34. The minimum Gasteiger partial charge on any atom is -0.385 e. The number of methoxy groups -OCH3 is 1. The molecule has 2 fully saturated rings. The fraction of sp³-hybridized carbons (Fsp3) is 0.429. The van der Waals surface area contributed by atoms with Crippen molar-refractivity contribution < 1.29 is 14.3 Å². The Bertz CT molecular complexity index is 1080. The van der Waals surface area contributed by atoms with Crippen LogP contribution >= 0.6 is 24.0 Å². The van der Waals surface area contributed by atoms with Crippen molar-refractivity contribution in [2.75, 3.05) is 38.7 Å². The molecule has 0 bridgehead atoms. The third-order valence-electron chi connectivity index (χ3n) is 5.15. The van der Waals surface area contributed by atoms with Crippen LogP contribution in [0.15, 0.2) is 34.1 Å². The van der Waals surface area contributed by atoms with E-state index in [4.69, 9.17) is 21.7 Å². The van der Waals surface area contributed by atoms with Gasteiger partial charge in [-0.3, -0.25) is 18.9 Å². The first-order valence-corrected chi connectivity index (χ1v) is 11.4. The molecule has 4 rings (SSSR count). The average molecular weight is 461 g/mol. The summed E-state index contributed by atoms with van der Waals surface area (Å²) >= 11 is 6.63. The van der Waals surface area contributed by atoms with Crippen LogP contribution in [0.2, 0.25) is 0 Å². The zero-order valence-electron chi connectivity index (χ0n) is 17.2. The zero-order chi connectivity index (χ0) is 21.8. The highest BCUT2D eigenvalue weighted by atomic mass is 32.2. The van der Waals surface area contributed by atoms with E-state index >= 15 is 0 Å². The number of hydrogen-bond acceptors (Lipinski definition) is 8. The van der Waals surface area contributed by atoms with Gasteiger partial charge in [0.05, 0.1) is 23.1 Å². The van der Waals surface area contributed by atoms with Gasteiger partial charge in [0, 0.05) is 33.1 Å². The number of carbonyl (C=O) groups excluding carboxylic acids is 1. The van der Waals surface area contributed by atoms with Crippen molar-refractivity contribution >= 4 is 51.7 Å². The van der Waals surface area contributed by atoms with Gasteiger partial charge in [0.2, 0.25) is 0 Å². The number of rotatable bonds is 8. The number of nitrogens with one attached hydrogen (secondary N) is 1. The fourth-order valence-electron chi connectivity index (χ4n) is 3.57. The number of fused-ring (bicyclic) bond motifs is 1. The van der Waals surface area contributed by atoms with E-state index in [-0.39, 0.29) is 17.6 Å². The van der Waals surface area contributed by atoms with Gasteiger partial charge in [0.15, 0.2) is 0 Å². The highest BCUT2D eigenvalue weighted by Gasteiger charge is 2.35. The summed E-state index contributed by atoms with van der Waals surface area (Å²) in [6.45, 7) is 2.34. The number of hydrogen-bond donors (Lipinski definition) is 1. The Hall–Kier alpha value is -2.27. The summed E-state index contributed by atoms with van der Waals surface area (Å²) in [7, 11) is 1.64. The molecule has 1 amide bonds. The second kappa shape index (κ2) is 9.90. The van der Waals surface area contributed by atoms with Gasteiger partial charge in [-0.15, -0.1) is 0 Å². The smallest absolute Gasteiger partial charge is 0.267 e. The molecular weight excluding hydrogens is 436 g/mol. The Balaban J connectivity index is 1.66. The Kier molecular flexibility index (Phi) is 7.01. The summed E-state index contributed by atoms with van der Waals surface area (Å²) in [6, 6.07) is 5.37. The van der Waals surface area contributed by atoms with Crippen LogP contribution in [0.5, 0.6) is 0 Å². The third kappa shape index (κ3) is 4.82. The Morgan fingerprint density at radius 1 is 1.42 bits per heavy atom. The van der Waals surface area contributed by atoms with Crippen LogP contribution in [0.25, 0.3) is 11.7 Å². The van der Waals surface area contributed by atoms with Crippen LogP contribution in [-0.2, 0) is 14.3 Å². The van der Waals surface area contributed by atoms with Gasteiger partial charge in [-0.25, -0.2) is 4.98 Å². The largest absolute Gasteiger partial charge is 0.385 e. The topological polar surface area (TPSA) is 85.2 Å². The molecule has 0 spiro atoms. The molecular formula is C21H24N4O4S2. The second-order valence-corrected chi connectivity index (χ2v) is 8.98. The first-order valence-electron chi connectivity index (χ1n) is 10.2. The summed E-state index contributed by atoms with van der Waals surface area (Å²) in [6.07, 6.45) is 5.94. The standard InChI is InChI=1S/C21H24N4O4S2/c1-28-10-5-8-22-18-15(19(26)24-9-3-2-7-17(24)23-18)12-16-20(27)25(21(30)31-16)13-14-6-4-11-29-14/h2-3,7,9,12,14,22H,4-6,8,10-11,13H2,1H3. The summed E-state index contributed by atoms with van der Waals surface area (Å²) < 4.78 is 12.7. The molecule has 1 unspecified atom stereocenters. The van der Waals surface area contributed by atoms with Crippen molar-refractivity contribution in [3.8, 4) is 0 Å². The van der Waals surface area contributed by atoms with Gasteiger partial charge in [0.1, 0.15) is 15.8 Å². The van der Waals surface area contributed by atoms with Crippen LogP contribution in [0.1, 0.15) is 24.8 Å². The maximum Gasteiger partial charge on any atom is 0.267 e. The Labute approximate surface area is 189 Å². The Morgan fingerprint density at radius 3 is 3.06 bits per heavy atom. The van der Waals surface area contributed by atoms with Crippen LogP contribution in [0.3, 0.4) is 0 Å². The van der Waals surface area contributed by atoms with Gasteiger partial charge in [-0.1, -0.05) is 30.0 Å². The average Bonchev–Trinajstić information content (AvgIpc) is 3.38. The van der Waals surface area contributed by atoms with Crippen molar-refractivity contribution in [2.45, 2.75) is 25.4 Å². The summed E-state index contributed by atoms with van der Waals surface area (Å²) in [5.41, 5.74) is 0.618. The van der Waals surface area contributed by atoms with E-state index < -0.39 is 0 Å². The molecule has 0 aliphatic carbocycles. The summed E-state index contributed by atoms with van der Waals surface area (Å²) in [5.74, 6) is 0.241. The first-order chi connectivity index (χ1) is 15.1. The quantitative estimate of drug-likeness (QED) is 0.366. The molecule has 2 aliphatic rings. The van der Waals surface area contributed by atoms with E-state index in [1.54, 1.807) is 36.4 Å². The monoisotopic (exact) mass is 460 g/mol. The highest BCUT2D eigenvalue weighted by molar-refractivity contribution is 8.26. The maximum atomic E-state index is 13.2.